The molecule has 2 aliphatic rings. The first-order valence-corrected chi connectivity index (χ1v) is 12.8. The van der Waals surface area contributed by atoms with Crippen molar-refractivity contribution in [3.8, 4) is 5.75 Å². The van der Waals surface area contributed by atoms with Crippen LogP contribution in [0.4, 0.5) is 5.13 Å². The van der Waals surface area contributed by atoms with Gasteiger partial charge in [0.25, 0.3) is 11.8 Å². The van der Waals surface area contributed by atoms with Crippen LogP contribution in [0.2, 0.25) is 0 Å². The number of nitrogens with zero attached hydrogens (tertiary/aromatic N) is 4. The van der Waals surface area contributed by atoms with E-state index in [-0.39, 0.29) is 40.3 Å². The highest BCUT2D eigenvalue weighted by atomic mass is 32.2. The third kappa shape index (κ3) is 4.44. The Labute approximate surface area is 218 Å². The number of hydrogen-bond donors (Lipinski definition) is 3. The van der Waals surface area contributed by atoms with Gasteiger partial charge >= 0.3 is 0 Å². The molecule has 0 saturated carbocycles. The first kappa shape index (κ1) is 24.5. The Hall–Kier alpha value is -4.17. The molecule has 5 rings (SSSR count). The monoisotopic (exact) mass is 540 g/mol. The Morgan fingerprint density at radius 1 is 1.41 bits per heavy atom. The van der Waals surface area contributed by atoms with Crippen molar-refractivity contribution in [2.75, 3.05) is 18.6 Å². The first-order valence-electron chi connectivity index (χ1n) is 10.9. The molecule has 1 fully saturated rings. The van der Waals surface area contributed by atoms with Crippen molar-refractivity contribution in [2.24, 2.45) is 5.16 Å². The summed E-state index contributed by atoms with van der Waals surface area (Å²) in [4.78, 5) is 48.0. The molecule has 37 heavy (non-hydrogen) atoms. The van der Waals surface area contributed by atoms with Gasteiger partial charge in [-0.1, -0.05) is 5.16 Å². The van der Waals surface area contributed by atoms with E-state index in [2.05, 4.69) is 15.5 Å². The molecule has 2 amide bonds. The number of pyridine rings is 1. The lowest BCUT2D eigenvalue weighted by Crippen LogP contribution is -2.71. The summed E-state index contributed by atoms with van der Waals surface area (Å²) in [5.74, 6) is -2.41. The lowest BCUT2D eigenvalue weighted by molar-refractivity contribution is -0.663. The number of fused-ring (bicyclic) bond motifs is 2. The van der Waals surface area contributed by atoms with E-state index in [1.54, 1.807) is 29.0 Å². The van der Waals surface area contributed by atoms with Crippen LogP contribution in [0.3, 0.4) is 0 Å². The summed E-state index contributed by atoms with van der Waals surface area (Å²) in [5, 5.41) is 30.4. The molecular formula is C23H20N6O6S2. The van der Waals surface area contributed by atoms with Crippen LogP contribution in [0.15, 0.2) is 58.3 Å². The number of nitrogens with one attached hydrogen (secondary N) is 1. The zero-order valence-electron chi connectivity index (χ0n) is 19.3. The molecule has 12 nitrogen and oxygen atoms in total. The number of thioether (sulfide) groups is 1. The fraction of sp³-hybridized carbons (Fsp3) is 0.217. The molecule has 0 radical (unpaired) electrons. The Morgan fingerprint density at radius 2 is 2.22 bits per heavy atom. The lowest BCUT2D eigenvalue weighted by atomic mass is 10.0. The van der Waals surface area contributed by atoms with E-state index in [1.165, 1.54) is 24.3 Å². The molecule has 2 atom stereocenters. The smallest absolute Gasteiger partial charge is 0.276 e. The molecule has 1 saturated heterocycles. The number of rotatable bonds is 7. The predicted octanol–water partition coefficient (Wildman–Crippen LogP) is -0.674. The summed E-state index contributed by atoms with van der Waals surface area (Å²) in [6, 6.07) is 7.62. The van der Waals surface area contributed by atoms with Gasteiger partial charge in [0, 0.05) is 28.2 Å². The molecule has 0 aliphatic carbocycles. The zero-order valence-corrected chi connectivity index (χ0v) is 20.9. The highest BCUT2D eigenvalue weighted by molar-refractivity contribution is 8.00. The topological polar surface area (TPSA) is 174 Å². The molecule has 1 aromatic carbocycles. The maximum absolute atomic E-state index is 13.1. The molecule has 4 N–H and O–H groups in total. The number of nitrogen functional groups attached to an aromatic ring is 1. The van der Waals surface area contributed by atoms with Crippen LogP contribution in [-0.2, 0) is 25.8 Å². The number of nitrogens with two attached hydrogens (primary N) is 1. The second-order valence-electron chi connectivity index (χ2n) is 8.17. The Bertz CT molecular complexity index is 1500. The standard InChI is InChI=1S/C23H20N6O6S2/c1-35-27-16(14-10-37-23(24)25-14)19(31)26-17-20(32)29-18(22(33)34)12(9-36-21(17)29)8-28-6-2-3-11-4-5-13(30)7-15(11)28/h2-7,10,17,21H,8-9H2,1H3,(H4,24,25,26,31,33,34)/b27-16-/t17?,21-/m1/s1. The molecule has 1 unspecified atom stereocenters. The van der Waals surface area contributed by atoms with Crippen LogP contribution >= 0.6 is 23.1 Å². The van der Waals surface area contributed by atoms with Crippen molar-refractivity contribution in [1.29, 1.82) is 0 Å². The Kier molecular flexibility index (Phi) is 6.43. The van der Waals surface area contributed by atoms with Crippen LogP contribution in [-0.4, -0.2) is 62.8 Å². The van der Waals surface area contributed by atoms with E-state index < -0.39 is 29.2 Å². The highest BCUT2D eigenvalue weighted by Crippen LogP contribution is 2.40. The number of anilines is 1. The first-order chi connectivity index (χ1) is 17.8. The van der Waals surface area contributed by atoms with Gasteiger partial charge in [0.1, 0.15) is 30.0 Å². The van der Waals surface area contributed by atoms with Crippen molar-refractivity contribution < 1.29 is 34.0 Å². The van der Waals surface area contributed by atoms with Gasteiger partial charge in [0.2, 0.25) is 5.52 Å². The number of thiazole rings is 1. The third-order valence-corrected chi connectivity index (χ3v) is 7.93. The van der Waals surface area contributed by atoms with Crippen molar-refractivity contribution in [1.82, 2.24) is 15.2 Å². The lowest BCUT2D eigenvalue weighted by Gasteiger charge is -2.50. The van der Waals surface area contributed by atoms with Gasteiger partial charge in [-0.15, -0.1) is 23.1 Å². The van der Waals surface area contributed by atoms with E-state index in [4.69, 9.17) is 10.6 Å². The largest absolute Gasteiger partial charge is 0.543 e. The number of aromatic nitrogens is 2. The highest BCUT2D eigenvalue weighted by Gasteiger charge is 2.53. The van der Waals surface area contributed by atoms with Crippen LogP contribution in [0.25, 0.3) is 10.9 Å². The molecule has 3 aromatic rings. The number of amides is 2. The number of aromatic hydroxyl groups is 1. The number of hydrogen-bond acceptors (Lipinski definition) is 11. The number of phenolic OH excluding ortho intramolecular Hbond substituents is 1. The van der Waals surface area contributed by atoms with Crippen molar-refractivity contribution in [3.63, 3.8) is 0 Å². The maximum Gasteiger partial charge on any atom is 0.276 e. The fourth-order valence-corrected chi connectivity index (χ4v) is 6.17. The van der Waals surface area contributed by atoms with Crippen molar-refractivity contribution in [3.05, 3.63) is 58.9 Å². The number of carboxylic acids is 1. The number of aliphatic carboxylic acids is 1. The van der Waals surface area contributed by atoms with E-state index >= 15 is 0 Å². The fourth-order valence-electron chi connectivity index (χ4n) is 4.29. The SMILES string of the molecule is CO/N=C(\C(=O)NC1C(=O)N2C(C(=O)[O-])=C(C[n+]3cccc4ccc(O)cc43)CS[C@H]12)c1csc(N)n1. The predicted molar refractivity (Wildman–Crippen MR) is 133 cm³/mol. The third-order valence-electron chi connectivity index (χ3n) is 5.92. The second kappa shape index (κ2) is 9.71. The van der Waals surface area contributed by atoms with E-state index in [9.17, 15) is 24.6 Å². The van der Waals surface area contributed by atoms with Crippen molar-refractivity contribution in [2.45, 2.75) is 18.0 Å². The van der Waals surface area contributed by atoms with Crippen molar-refractivity contribution >= 4 is 62.6 Å². The maximum atomic E-state index is 13.1. The molecule has 2 aromatic heterocycles. The second-order valence-corrected chi connectivity index (χ2v) is 10.2. The summed E-state index contributed by atoms with van der Waals surface area (Å²) in [6.45, 7) is 0.167. The summed E-state index contributed by atoms with van der Waals surface area (Å²) in [6.07, 6.45) is 1.77. The summed E-state index contributed by atoms with van der Waals surface area (Å²) < 4.78 is 1.80. The van der Waals surface area contributed by atoms with E-state index in [1.807, 2.05) is 12.1 Å². The van der Waals surface area contributed by atoms with Gasteiger partial charge in [-0.05, 0) is 18.2 Å². The van der Waals surface area contributed by atoms with Crippen LogP contribution in [0, 0.1) is 0 Å². The van der Waals surface area contributed by atoms with E-state index in [0.717, 1.165) is 21.6 Å². The number of phenols is 1. The van der Waals surface area contributed by atoms with Gasteiger partial charge < -0.3 is 30.9 Å². The molecule has 14 heteroatoms. The molecule has 0 bridgehead atoms. The number of oxime groups is 1. The van der Waals surface area contributed by atoms with Crippen LogP contribution in [0.5, 0.6) is 5.75 Å². The number of benzene rings is 1. The van der Waals surface area contributed by atoms with E-state index in [0.29, 0.717) is 11.1 Å². The quantitative estimate of drug-likeness (QED) is 0.152. The van der Waals surface area contributed by atoms with Gasteiger partial charge in [0.05, 0.1) is 17.7 Å². The number of carbonyl (C=O) groups excluding carboxylic acids is 3. The van der Waals surface area contributed by atoms with Crippen LogP contribution < -0.4 is 20.7 Å². The average Bonchev–Trinajstić information content (AvgIpc) is 3.31. The Balaban J connectivity index is 1.39. The molecular weight excluding hydrogens is 520 g/mol. The molecule has 0 spiro atoms. The zero-order chi connectivity index (χ0) is 26.3. The summed E-state index contributed by atoms with van der Waals surface area (Å²) in [5.41, 5.74) is 6.63. The minimum atomic E-state index is -1.48. The van der Waals surface area contributed by atoms with Gasteiger partial charge in [-0.2, -0.15) is 4.57 Å². The molecule has 4 heterocycles. The summed E-state index contributed by atoms with van der Waals surface area (Å²) >= 11 is 2.44. The Morgan fingerprint density at radius 3 is 2.92 bits per heavy atom. The number of carbonyl (C=O) groups is 3. The van der Waals surface area contributed by atoms with Crippen LogP contribution in [0.1, 0.15) is 5.69 Å². The molecule has 2 aliphatic heterocycles. The van der Waals surface area contributed by atoms with Gasteiger partial charge in [-0.3, -0.25) is 14.5 Å². The van der Waals surface area contributed by atoms with Gasteiger partial charge in [0.15, 0.2) is 23.6 Å². The van der Waals surface area contributed by atoms with Gasteiger partial charge in [-0.25, -0.2) is 4.98 Å². The molecule has 190 valence electrons. The average molecular weight is 541 g/mol. The minimum Gasteiger partial charge on any atom is -0.543 e. The number of carboxylic acid groups (broad SMARTS) is 1. The normalized spacial score (nSPS) is 19.4. The minimum absolute atomic E-state index is 0.0767. The summed E-state index contributed by atoms with van der Waals surface area (Å²) in [7, 11) is 1.27. The number of β-lactam (4-membered cyclic amide) rings is 1.